The Balaban J connectivity index is 1.83. The fraction of sp³-hybridized carbons (Fsp3) is 0.562. The van der Waals surface area contributed by atoms with Gasteiger partial charge in [0.1, 0.15) is 5.75 Å². The number of hydrogen-bond acceptors (Lipinski definition) is 3. The summed E-state index contributed by atoms with van der Waals surface area (Å²) in [6.45, 7) is 4.79. The van der Waals surface area contributed by atoms with Crippen LogP contribution in [0, 0.1) is 0 Å². The highest BCUT2D eigenvalue weighted by atomic mass is 16.5. The quantitative estimate of drug-likeness (QED) is 0.847. The number of carbonyl (C=O) groups is 1. The van der Waals surface area contributed by atoms with Crippen molar-refractivity contribution < 1.29 is 14.3 Å². The predicted octanol–water partition coefficient (Wildman–Crippen LogP) is 2.95. The van der Waals surface area contributed by atoms with Crippen LogP contribution in [0.25, 0.3) is 0 Å². The molecule has 5 heteroatoms. The Morgan fingerprint density at radius 1 is 1.33 bits per heavy atom. The number of hydrogen-bond donors (Lipinski definition) is 2. The Hall–Kier alpha value is -1.75. The summed E-state index contributed by atoms with van der Waals surface area (Å²) in [4.78, 5) is 11.9. The molecule has 0 aliphatic heterocycles. The Labute approximate surface area is 126 Å². The molecule has 1 aliphatic carbocycles. The normalized spacial score (nSPS) is 20.5. The smallest absolute Gasteiger partial charge is 0.319 e. The van der Waals surface area contributed by atoms with Crippen LogP contribution in [0.4, 0.5) is 10.5 Å². The number of aryl methyl sites for hydroxylation is 1. The number of ether oxygens (including phenoxy) is 2. The topological polar surface area (TPSA) is 59.6 Å². The van der Waals surface area contributed by atoms with E-state index in [9.17, 15) is 4.79 Å². The molecule has 1 aromatic carbocycles. The Morgan fingerprint density at radius 3 is 2.71 bits per heavy atom. The molecule has 1 saturated carbocycles. The van der Waals surface area contributed by atoms with Gasteiger partial charge in [0.05, 0.1) is 13.2 Å². The van der Waals surface area contributed by atoms with Crippen molar-refractivity contribution in [1.82, 2.24) is 5.32 Å². The first-order valence-corrected chi connectivity index (χ1v) is 7.52. The summed E-state index contributed by atoms with van der Waals surface area (Å²) in [5.41, 5.74) is 1.87. The Bertz CT molecular complexity index is 484. The lowest BCUT2D eigenvalue weighted by Gasteiger charge is -2.35. The second-order valence-electron chi connectivity index (χ2n) is 5.22. The minimum absolute atomic E-state index is 0.179. The van der Waals surface area contributed by atoms with Gasteiger partial charge in [-0.25, -0.2) is 4.79 Å². The molecule has 2 rings (SSSR count). The van der Waals surface area contributed by atoms with Crippen LogP contribution < -0.4 is 15.4 Å². The molecule has 0 saturated heterocycles. The Kier molecular flexibility index (Phi) is 5.44. The molecule has 1 aromatic rings. The standard InChI is InChI=1S/C16H24N2O3/c1-4-11-6-7-12(10-15(11)20-3)17-16(19)18-13-8-14(9-13)21-5-2/h6-7,10,13-14H,4-5,8-9H2,1-3H3,(H2,17,18,19). The van der Waals surface area contributed by atoms with Crippen molar-refractivity contribution in [1.29, 1.82) is 0 Å². The van der Waals surface area contributed by atoms with Gasteiger partial charge in [0.2, 0.25) is 0 Å². The number of amides is 2. The van der Waals surface area contributed by atoms with E-state index in [4.69, 9.17) is 9.47 Å². The van der Waals surface area contributed by atoms with E-state index in [1.54, 1.807) is 7.11 Å². The number of anilines is 1. The summed E-state index contributed by atoms with van der Waals surface area (Å²) in [5, 5.41) is 5.79. The van der Waals surface area contributed by atoms with Gasteiger partial charge in [0.15, 0.2) is 0 Å². The maximum absolute atomic E-state index is 11.9. The van der Waals surface area contributed by atoms with Gasteiger partial charge in [0.25, 0.3) is 0 Å². The molecule has 0 aromatic heterocycles. The zero-order valence-electron chi connectivity index (χ0n) is 12.9. The van der Waals surface area contributed by atoms with Crippen molar-refractivity contribution in [3.8, 4) is 5.75 Å². The molecular weight excluding hydrogens is 268 g/mol. The highest BCUT2D eigenvalue weighted by molar-refractivity contribution is 5.89. The molecule has 5 nitrogen and oxygen atoms in total. The second kappa shape index (κ2) is 7.31. The second-order valence-corrected chi connectivity index (χ2v) is 5.22. The van der Waals surface area contributed by atoms with Gasteiger partial charge >= 0.3 is 6.03 Å². The third kappa shape index (κ3) is 4.11. The SMILES string of the molecule is CCOC1CC(NC(=O)Nc2ccc(CC)c(OC)c2)C1. The average Bonchev–Trinajstić information content (AvgIpc) is 2.45. The fourth-order valence-corrected chi connectivity index (χ4v) is 2.52. The van der Waals surface area contributed by atoms with Gasteiger partial charge in [-0.15, -0.1) is 0 Å². The molecule has 0 spiro atoms. The van der Waals surface area contributed by atoms with E-state index in [-0.39, 0.29) is 12.1 Å². The van der Waals surface area contributed by atoms with Crippen LogP contribution in [0.1, 0.15) is 32.3 Å². The van der Waals surface area contributed by atoms with Crippen LogP contribution in [0.2, 0.25) is 0 Å². The molecular formula is C16H24N2O3. The van der Waals surface area contributed by atoms with Gasteiger partial charge in [-0.2, -0.15) is 0 Å². The zero-order valence-corrected chi connectivity index (χ0v) is 12.9. The third-order valence-corrected chi connectivity index (χ3v) is 3.76. The van der Waals surface area contributed by atoms with Gasteiger partial charge in [-0.05, 0) is 37.8 Å². The highest BCUT2D eigenvalue weighted by Crippen LogP contribution is 2.25. The molecule has 1 aliphatic rings. The third-order valence-electron chi connectivity index (χ3n) is 3.76. The number of carbonyl (C=O) groups excluding carboxylic acids is 1. The molecule has 0 heterocycles. The maximum Gasteiger partial charge on any atom is 0.319 e. The summed E-state index contributed by atoms with van der Waals surface area (Å²) in [6.07, 6.45) is 2.97. The first kappa shape index (κ1) is 15.6. The van der Waals surface area contributed by atoms with Gasteiger partial charge in [-0.3, -0.25) is 0 Å². The summed E-state index contributed by atoms with van der Waals surface area (Å²) >= 11 is 0. The fourth-order valence-electron chi connectivity index (χ4n) is 2.52. The van der Waals surface area contributed by atoms with Crippen molar-refractivity contribution in [2.45, 2.75) is 45.3 Å². The van der Waals surface area contributed by atoms with Crippen LogP contribution in [0.3, 0.4) is 0 Å². The van der Waals surface area contributed by atoms with E-state index < -0.39 is 0 Å². The van der Waals surface area contributed by atoms with Gasteiger partial charge < -0.3 is 20.1 Å². The maximum atomic E-state index is 11.9. The van der Waals surface area contributed by atoms with Gasteiger partial charge in [-0.1, -0.05) is 13.0 Å². The lowest BCUT2D eigenvalue weighted by Crippen LogP contribution is -2.49. The number of benzene rings is 1. The number of nitrogens with one attached hydrogen (secondary N) is 2. The average molecular weight is 292 g/mol. The largest absolute Gasteiger partial charge is 0.496 e. The van der Waals surface area contributed by atoms with Crippen molar-refractivity contribution in [2.24, 2.45) is 0 Å². The minimum atomic E-state index is -0.179. The van der Waals surface area contributed by atoms with Crippen molar-refractivity contribution >= 4 is 11.7 Å². The summed E-state index contributed by atoms with van der Waals surface area (Å²) < 4.78 is 10.8. The van der Waals surface area contributed by atoms with Crippen LogP contribution in [0.15, 0.2) is 18.2 Å². The lowest BCUT2D eigenvalue weighted by molar-refractivity contribution is -0.00673. The summed E-state index contributed by atoms with van der Waals surface area (Å²) in [6, 6.07) is 5.75. The molecule has 116 valence electrons. The van der Waals surface area contributed by atoms with E-state index >= 15 is 0 Å². The number of rotatable bonds is 6. The van der Waals surface area contributed by atoms with Crippen LogP contribution in [-0.4, -0.2) is 31.9 Å². The first-order chi connectivity index (χ1) is 10.2. The minimum Gasteiger partial charge on any atom is -0.496 e. The molecule has 2 N–H and O–H groups in total. The van der Waals surface area contributed by atoms with Crippen molar-refractivity contribution in [3.63, 3.8) is 0 Å². The number of urea groups is 1. The van der Waals surface area contributed by atoms with E-state index in [2.05, 4.69) is 17.6 Å². The molecule has 21 heavy (non-hydrogen) atoms. The highest BCUT2D eigenvalue weighted by Gasteiger charge is 2.30. The molecule has 0 atom stereocenters. The number of methoxy groups -OCH3 is 1. The van der Waals surface area contributed by atoms with Gasteiger partial charge in [0, 0.05) is 24.4 Å². The lowest BCUT2D eigenvalue weighted by atomic mass is 9.89. The molecule has 0 unspecified atom stereocenters. The Morgan fingerprint density at radius 2 is 2.10 bits per heavy atom. The molecule has 2 amide bonds. The van der Waals surface area contributed by atoms with Crippen LogP contribution in [-0.2, 0) is 11.2 Å². The van der Waals surface area contributed by atoms with Crippen LogP contribution in [0.5, 0.6) is 5.75 Å². The first-order valence-electron chi connectivity index (χ1n) is 7.52. The summed E-state index contributed by atoms with van der Waals surface area (Å²) in [5.74, 6) is 0.801. The molecule has 1 fully saturated rings. The monoisotopic (exact) mass is 292 g/mol. The molecule has 0 radical (unpaired) electrons. The molecule has 0 bridgehead atoms. The predicted molar refractivity (Wildman–Crippen MR) is 83.0 cm³/mol. The van der Waals surface area contributed by atoms with E-state index in [1.807, 2.05) is 25.1 Å². The van der Waals surface area contributed by atoms with E-state index in [1.165, 1.54) is 0 Å². The zero-order chi connectivity index (χ0) is 15.2. The van der Waals surface area contributed by atoms with Crippen LogP contribution >= 0.6 is 0 Å². The van der Waals surface area contributed by atoms with E-state index in [0.29, 0.717) is 6.10 Å². The summed E-state index contributed by atoms with van der Waals surface area (Å²) in [7, 11) is 1.64. The van der Waals surface area contributed by atoms with Crippen molar-refractivity contribution in [2.75, 3.05) is 19.0 Å². The van der Waals surface area contributed by atoms with Crippen molar-refractivity contribution in [3.05, 3.63) is 23.8 Å². The van der Waals surface area contributed by atoms with E-state index in [0.717, 1.165) is 42.9 Å².